The number of halogens is 1. The predicted octanol–water partition coefficient (Wildman–Crippen LogP) is 4.18. The molecule has 3 rings (SSSR count). The number of likely N-dealkylation sites (tertiary alicyclic amines) is 1. The number of aromatic nitrogens is 2. The van der Waals surface area contributed by atoms with Gasteiger partial charge >= 0.3 is 0 Å². The summed E-state index contributed by atoms with van der Waals surface area (Å²) in [4.78, 5) is 11.2. The topological polar surface area (TPSA) is 45.5 Å². The number of nitrogens with zero attached hydrogens (tertiary/aromatic N) is 4. The highest BCUT2D eigenvalue weighted by atomic mass is 127. The molecule has 0 amide bonds. The Morgan fingerprint density at radius 3 is 2.62 bits per heavy atom. The Morgan fingerprint density at radius 2 is 2.00 bits per heavy atom. The zero-order valence-electron chi connectivity index (χ0n) is 16.8. The molecule has 0 radical (unpaired) electrons. The number of hydrogen-bond donors (Lipinski definition) is 1. The van der Waals surface area contributed by atoms with Gasteiger partial charge in [0.15, 0.2) is 5.96 Å². The molecule has 26 heavy (non-hydrogen) atoms. The van der Waals surface area contributed by atoms with Crippen molar-refractivity contribution in [3.05, 3.63) is 18.7 Å². The van der Waals surface area contributed by atoms with E-state index in [1.54, 1.807) is 0 Å². The van der Waals surface area contributed by atoms with E-state index >= 15 is 0 Å². The van der Waals surface area contributed by atoms with Crippen molar-refractivity contribution in [3.63, 3.8) is 0 Å². The smallest absolute Gasteiger partial charge is 0.193 e. The Morgan fingerprint density at radius 1 is 1.27 bits per heavy atom. The third-order valence-electron chi connectivity index (χ3n) is 6.50. The van der Waals surface area contributed by atoms with Gasteiger partial charge < -0.3 is 14.8 Å². The van der Waals surface area contributed by atoms with Crippen LogP contribution in [0.25, 0.3) is 0 Å². The lowest BCUT2D eigenvalue weighted by molar-refractivity contribution is 0.181. The van der Waals surface area contributed by atoms with Crippen LogP contribution >= 0.6 is 24.0 Å². The standard InChI is InChI=1S/C20H35N5.HI/c1-16-9-11-24(13-18(16)25-12-10-22-15-25)19(21-4)23-14-20(2,3)17-7-5-6-8-17;/h10,12,15-18H,5-9,11,13-14H2,1-4H3,(H,21,23);1H. The van der Waals surface area contributed by atoms with Crippen LogP contribution in [0.15, 0.2) is 23.7 Å². The molecule has 1 saturated carbocycles. The summed E-state index contributed by atoms with van der Waals surface area (Å²) < 4.78 is 2.26. The molecule has 1 N–H and O–H groups in total. The van der Waals surface area contributed by atoms with Crippen LogP contribution in [-0.4, -0.2) is 47.1 Å². The molecule has 1 aliphatic carbocycles. The first kappa shape index (κ1) is 21.5. The van der Waals surface area contributed by atoms with Gasteiger partial charge in [0.2, 0.25) is 0 Å². The molecule has 148 valence electrons. The van der Waals surface area contributed by atoms with Gasteiger partial charge in [0.1, 0.15) is 0 Å². The van der Waals surface area contributed by atoms with Gasteiger partial charge in [0.25, 0.3) is 0 Å². The molecule has 2 aliphatic rings. The van der Waals surface area contributed by atoms with Crippen molar-refractivity contribution < 1.29 is 0 Å². The Hall–Kier alpha value is -0.790. The van der Waals surface area contributed by atoms with Crippen LogP contribution < -0.4 is 5.32 Å². The maximum absolute atomic E-state index is 4.59. The molecule has 1 aromatic rings. The zero-order chi connectivity index (χ0) is 17.9. The predicted molar refractivity (Wildman–Crippen MR) is 119 cm³/mol. The summed E-state index contributed by atoms with van der Waals surface area (Å²) in [6.07, 6.45) is 12.7. The van der Waals surface area contributed by atoms with Crippen LogP contribution in [0, 0.1) is 17.3 Å². The summed E-state index contributed by atoms with van der Waals surface area (Å²) in [5, 5.41) is 3.69. The molecule has 5 nitrogen and oxygen atoms in total. The lowest BCUT2D eigenvalue weighted by Gasteiger charge is -2.40. The third kappa shape index (κ3) is 4.93. The lowest BCUT2D eigenvalue weighted by atomic mass is 9.78. The van der Waals surface area contributed by atoms with Gasteiger partial charge in [0, 0.05) is 39.1 Å². The molecule has 0 spiro atoms. The summed E-state index contributed by atoms with van der Waals surface area (Å²) >= 11 is 0. The lowest BCUT2D eigenvalue weighted by Crippen LogP contribution is -2.51. The largest absolute Gasteiger partial charge is 0.356 e. The van der Waals surface area contributed by atoms with Crippen molar-refractivity contribution in [2.75, 3.05) is 26.7 Å². The Kier molecular flexibility index (Phi) is 7.79. The molecular weight excluding hydrogens is 437 g/mol. The van der Waals surface area contributed by atoms with Gasteiger partial charge in [0.05, 0.1) is 12.4 Å². The van der Waals surface area contributed by atoms with Gasteiger partial charge in [-0.1, -0.05) is 33.6 Å². The molecule has 2 unspecified atom stereocenters. The minimum absolute atomic E-state index is 0. The Bertz CT molecular complexity index is 563. The molecule has 2 atom stereocenters. The van der Waals surface area contributed by atoms with Crippen molar-refractivity contribution in [1.29, 1.82) is 0 Å². The van der Waals surface area contributed by atoms with E-state index in [9.17, 15) is 0 Å². The third-order valence-corrected chi connectivity index (χ3v) is 6.50. The zero-order valence-corrected chi connectivity index (χ0v) is 19.1. The van der Waals surface area contributed by atoms with Gasteiger partial charge in [-0.2, -0.15) is 0 Å². The molecule has 1 aliphatic heterocycles. The van der Waals surface area contributed by atoms with Crippen LogP contribution in [0.4, 0.5) is 0 Å². The maximum atomic E-state index is 4.59. The minimum atomic E-state index is 0. The van der Waals surface area contributed by atoms with E-state index in [4.69, 9.17) is 0 Å². The average molecular weight is 473 g/mol. The normalized spacial score (nSPS) is 25.2. The van der Waals surface area contributed by atoms with E-state index in [1.807, 2.05) is 19.6 Å². The van der Waals surface area contributed by atoms with Gasteiger partial charge in [-0.05, 0) is 36.5 Å². The van der Waals surface area contributed by atoms with Crippen LogP contribution in [-0.2, 0) is 0 Å². The molecule has 0 aromatic carbocycles. The summed E-state index contributed by atoms with van der Waals surface area (Å²) in [7, 11) is 1.91. The number of aliphatic imine (C=N–C) groups is 1. The summed E-state index contributed by atoms with van der Waals surface area (Å²) in [6, 6.07) is 0.470. The van der Waals surface area contributed by atoms with Gasteiger partial charge in [-0.25, -0.2) is 4.98 Å². The molecule has 0 bridgehead atoms. The molecule has 6 heteroatoms. The average Bonchev–Trinajstić information content (AvgIpc) is 3.30. The minimum Gasteiger partial charge on any atom is -0.356 e. The highest BCUT2D eigenvalue weighted by Crippen LogP contribution is 2.39. The number of guanidine groups is 1. The molecule has 1 saturated heterocycles. The molecule has 2 heterocycles. The summed E-state index contributed by atoms with van der Waals surface area (Å²) in [5.74, 6) is 2.57. The van der Waals surface area contributed by atoms with Gasteiger partial charge in [-0.15, -0.1) is 24.0 Å². The number of hydrogen-bond acceptors (Lipinski definition) is 2. The van der Waals surface area contributed by atoms with E-state index in [0.29, 0.717) is 17.4 Å². The fraction of sp³-hybridized carbons (Fsp3) is 0.800. The first-order valence-corrected chi connectivity index (χ1v) is 9.94. The second kappa shape index (κ2) is 9.42. The quantitative estimate of drug-likeness (QED) is 0.406. The van der Waals surface area contributed by atoms with E-state index in [2.05, 4.69) is 51.7 Å². The molecule has 2 fully saturated rings. The van der Waals surface area contributed by atoms with E-state index in [1.165, 1.54) is 32.1 Å². The van der Waals surface area contributed by atoms with Crippen molar-refractivity contribution >= 4 is 29.9 Å². The van der Waals surface area contributed by atoms with E-state index in [0.717, 1.165) is 31.5 Å². The highest BCUT2D eigenvalue weighted by molar-refractivity contribution is 14.0. The second-order valence-electron chi connectivity index (χ2n) is 8.66. The monoisotopic (exact) mass is 473 g/mol. The number of imidazole rings is 1. The first-order valence-electron chi connectivity index (χ1n) is 9.94. The van der Waals surface area contributed by atoms with Crippen LogP contribution in [0.3, 0.4) is 0 Å². The van der Waals surface area contributed by atoms with Crippen LogP contribution in [0.1, 0.15) is 58.9 Å². The van der Waals surface area contributed by atoms with Crippen LogP contribution in [0.5, 0.6) is 0 Å². The number of nitrogens with one attached hydrogen (secondary N) is 1. The van der Waals surface area contributed by atoms with Crippen molar-refractivity contribution in [2.24, 2.45) is 22.2 Å². The van der Waals surface area contributed by atoms with E-state index < -0.39 is 0 Å². The Balaban J connectivity index is 0.00000243. The van der Waals surface area contributed by atoms with Crippen LogP contribution in [0.2, 0.25) is 0 Å². The fourth-order valence-electron chi connectivity index (χ4n) is 4.59. The maximum Gasteiger partial charge on any atom is 0.193 e. The van der Waals surface area contributed by atoms with E-state index in [-0.39, 0.29) is 24.0 Å². The molecule has 1 aromatic heterocycles. The summed E-state index contributed by atoms with van der Waals surface area (Å²) in [5.41, 5.74) is 0.333. The fourth-order valence-corrected chi connectivity index (χ4v) is 4.59. The van der Waals surface area contributed by atoms with Crippen molar-refractivity contribution in [3.8, 4) is 0 Å². The highest BCUT2D eigenvalue weighted by Gasteiger charge is 2.33. The second-order valence-corrected chi connectivity index (χ2v) is 8.66. The van der Waals surface area contributed by atoms with Gasteiger partial charge in [-0.3, -0.25) is 4.99 Å². The molecular formula is C20H36IN5. The van der Waals surface area contributed by atoms with Crippen molar-refractivity contribution in [1.82, 2.24) is 19.8 Å². The number of piperidine rings is 1. The summed E-state index contributed by atoms with van der Waals surface area (Å²) in [6.45, 7) is 10.3. The van der Waals surface area contributed by atoms with Crippen molar-refractivity contribution in [2.45, 2.75) is 58.9 Å². The number of rotatable bonds is 4. The Labute approximate surface area is 176 Å². The first-order chi connectivity index (χ1) is 12.0. The SMILES string of the molecule is CN=C(NCC(C)(C)C1CCCC1)N1CCC(C)C(n2ccnc2)C1.I.